The molecule has 0 unspecified atom stereocenters. The third kappa shape index (κ3) is 4.51. The smallest absolute Gasteiger partial charge is 0.339 e. The van der Waals surface area contributed by atoms with E-state index in [0.29, 0.717) is 46.7 Å². The summed E-state index contributed by atoms with van der Waals surface area (Å²) in [5, 5.41) is 3.74. The van der Waals surface area contributed by atoms with E-state index >= 15 is 0 Å². The fourth-order valence-corrected chi connectivity index (χ4v) is 3.47. The minimum absolute atomic E-state index is 0.159. The monoisotopic (exact) mass is 407 g/mol. The minimum atomic E-state index is -0.412. The van der Waals surface area contributed by atoms with Crippen LogP contribution in [0.4, 0.5) is 11.5 Å². The average Bonchev–Trinajstić information content (AvgIpc) is 3.14. The zero-order valence-corrected chi connectivity index (χ0v) is 16.3. The number of hydrogen-bond acceptors (Lipinski definition) is 5. The van der Waals surface area contributed by atoms with Crippen molar-refractivity contribution in [3.63, 3.8) is 0 Å². The molecule has 1 N–H and O–H groups in total. The molecule has 1 atom stereocenters. The number of benzene rings is 1. The van der Waals surface area contributed by atoms with Gasteiger partial charge < -0.3 is 15.0 Å². The summed E-state index contributed by atoms with van der Waals surface area (Å²) in [5.74, 6) is 0.0699. The molecule has 0 radical (unpaired) electrons. The third-order valence-corrected chi connectivity index (χ3v) is 4.85. The second-order valence-corrected chi connectivity index (χ2v) is 6.93. The summed E-state index contributed by atoms with van der Waals surface area (Å²) >= 11 is 12.0. The zero-order valence-electron chi connectivity index (χ0n) is 14.7. The highest BCUT2D eigenvalue weighted by Gasteiger charge is 2.32. The number of amides is 1. The van der Waals surface area contributed by atoms with Crippen molar-refractivity contribution >= 4 is 46.6 Å². The number of carbonyl (C=O) groups excluding carboxylic acids is 2. The lowest BCUT2D eigenvalue weighted by Crippen LogP contribution is -2.40. The topological polar surface area (TPSA) is 71.5 Å². The molecule has 1 fully saturated rings. The van der Waals surface area contributed by atoms with Crippen molar-refractivity contribution in [3.8, 4) is 0 Å². The van der Waals surface area contributed by atoms with E-state index in [1.165, 1.54) is 6.20 Å². The normalized spacial score (nSPS) is 16.3. The van der Waals surface area contributed by atoms with Gasteiger partial charge in [0.25, 0.3) is 0 Å². The lowest BCUT2D eigenvalue weighted by atomic mass is 10.2. The first-order valence-corrected chi connectivity index (χ1v) is 9.41. The van der Waals surface area contributed by atoms with Gasteiger partial charge in [-0.25, -0.2) is 9.78 Å². The van der Waals surface area contributed by atoms with E-state index in [-0.39, 0.29) is 11.9 Å². The highest BCUT2D eigenvalue weighted by molar-refractivity contribution is 6.36. The number of hydrogen-bond donors (Lipinski definition) is 1. The number of carbonyl (C=O) groups is 2. The second-order valence-electron chi connectivity index (χ2n) is 6.09. The number of aromatic nitrogens is 1. The number of nitrogens with zero attached hydrogens (tertiary/aromatic N) is 2. The number of pyridine rings is 1. The van der Waals surface area contributed by atoms with E-state index in [2.05, 4.69) is 10.3 Å². The molecule has 8 heteroatoms. The van der Waals surface area contributed by atoms with Crippen LogP contribution in [0.15, 0.2) is 36.5 Å². The number of halogens is 2. The van der Waals surface area contributed by atoms with Crippen LogP contribution in [-0.4, -0.2) is 36.1 Å². The standard InChI is InChI=1S/C19H19Cl2N3O3/c1-2-27-19(26)12-5-8-17(22-11-12)24-9-3-4-16(24)18(25)23-15-7-6-13(20)10-14(15)21/h5-8,10-11,16H,2-4,9H2,1H3,(H,23,25)/t16-/m0/s1. The predicted molar refractivity (Wildman–Crippen MR) is 106 cm³/mol. The average molecular weight is 408 g/mol. The highest BCUT2D eigenvalue weighted by atomic mass is 35.5. The van der Waals surface area contributed by atoms with Crippen molar-refractivity contribution in [1.82, 2.24) is 4.98 Å². The molecule has 0 spiro atoms. The maximum Gasteiger partial charge on any atom is 0.339 e. The molecule has 1 aliphatic heterocycles. The van der Waals surface area contributed by atoms with Crippen molar-refractivity contribution in [2.75, 3.05) is 23.4 Å². The Morgan fingerprint density at radius 3 is 2.78 bits per heavy atom. The van der Waals surface area contributed by atoms with Gasteiger partial charge in [0.1, 0.15) is 11.9 Å². The van der Waals surface area contributed by atoms with Crippen LogP contribution in [0.2, 0.25) is 10.0 Å². The van der Waals surface area contributed by atoms with E-state index in [4.69, 9.17) is 27.9 Å². The van der Waals surface area contributed by atoms with Crippen molar-refractivity contribution in [3.05, 3.63) is 52.1 Å². The SMILES string of the molecule is CCOC(=O)c1ccc(N2CCC[C@H]2C(=O)Nc2ccc(Cl)cc2Cl)nc1. The van der Waals surface area contributed by atoms with Gasteiger partial charge in [0, 0.05) is 17.8 Å². The molecule has 1 aromatic heterocycles. The Balaban J connectivity index is 1.72. The van der Waals surface area contributed by atoms with Gasteiger partial charge in [-0.1, -0.05) is 23.2 Å². The molecular formula is C19H19Cl2N3O3. The van der Waals surface area contributed by atoms with Gasteiger partial charge in [0.2, 0.25) is 5.91 Å². The molecule has 1 aromatic carbocycles. The first-order valence-electron chi connectivity index (χ1n) is 8.65. The Bertz CT molecular complexity index is 843. The van der Waals surface area contributed by atoms with Crippen LogP contribution in [0.25, 0.3) is 0 Å². The Labute approximate surface area is 167 Å². The Morgan fingerprint density at radius 1 is 1.30 bits per heavy atom. The van der Waals surface area contributed by atoms with Crippen molar-refractivity contribution in [2.45, 2.75) is 25.8 Å². The quantitative estimate of drug-likeness (QED) is 0.752. The van der Waals surface area contributed by atoms with Crippen molar-refractivity contribution in [2.24, 2.45) is 0 Å². The maximum absolute atomic E-state index is 12.7. The summed E-state index contributed by atoms with van der Waals surface area (Å²) in [5.41, 5.74) is 0.900. The number of anilines is 2. The number of esters is 1. The van der Waals surface area contributed by atoms with Crippen LogP contribution >= 0.6 is 23.2 Å². The van der Waals surface area contributed by atoms with E-state index in [9.17, 15) is 9.59 Å². The van der Waals surface area contributed by atoms with Gasteiger partial charge in [0.15, 0.2) is 0 Å². The van der Waals surface area contributed by atoms with E-state index in [0.717, 1.165) is 6.42 Å². The summed E-state index contributed by atoms with van der Waals surface area (Å²) in [6, 6.07) is 7.95. The fourth-order valence-electron chi connectivity index (χ4n) is 3.01. The van der Waals surface area contributed by atoms with E-state index < -0.39 is 5.97 Å². The molecule has 1 saturated heterocycles. The zero-order chi connectivity index (χ0) is 19.4. The number of nitrogens with one attached hydrogen (secondary N) is 1. The largest absolute Gasteiger partial charge is 0.462 e. The summed E-state index contributed by atoms with van der Waals surface area (Å²) in [7, 11) is 0. The molecule has 1 amide bonds. The Hall–Kier alpha value is -2.31. The first kappa shape index (κ1) is 19.5. The van der Waals surface area contributed by atoms with E-state index in [1.54, 1.807) is 37.3 Å². The van der Waals surface area contributed by atoms with Gasteiger partial charge >= 0.3 is 5.97 Å². The first-order chi connectivity index (χ1) is 13.0. The summed E-state index contributed by atoms with van der Waals surface area (Å²) < 4.78 is 4.96. The van der Waals surface area contributed by atoms with Crippen molar-refractivity contribution < 1.29 is 14.3 Å². The van der Waals surface area contributed by atoms with Crippen LogP contribution in [0, 0.1) is 0 Å². The molecule has 3 rings (SSSR count). The van der Waals surface area contributed by atoms with Crippen LogP contribution in [0.5, 0.6) is 0 Å². The third-order valence-electron chi connectivity index (χ3n) is 4.30. The van der Waals surface area contributed by atoms with Gasteiger partial charge in [-0.15, -0.1) is 0 Å². The van der Waals surface area contributed by atoms with Gasteiger partial charge in [0.05, 0.1) is 22.9 Å². The molecular weight excluding hydrogens is 389 g/mol. The lowest BCUT2D eigenvalue weighted by molar-refractivity contribution is -0.117. The van der Waals surface area contributed by atoms with Crippen LogP contribution < -0.4 is 10.2 Å². The molecule has 6 nitrogen and oxygen atoms in total. The lowest BCUT2D eigenvalue weighted by Gasteiger charge is -2.25. The highest BCUT2D eigenvalue weighted by Crippen LogP contribution is 2.28. The molecule has 0 aliphatic carbocycles. The van der Waals surface area contributed by atoms with Gasteiger partial charge in [-0.3, -0.25) is 4.79 Å². The van der Waals surface area contributed by atoms with Crippen LogP contribution in [-0.2, 0) is 9.53 Å². The van der Waals surface area contributed by atoms with Crippen LogP contribution in [0.3, 0.4) is 0 Å². The minimum Gasteiger partial charge on any atom is -0.462 e. The van der Waals surface area contributed by atoms with Crippen LogP contribution in [0.1, 0.15) is 30.1 Å². The number of ether oxygens (including phenoxy) is 1. The Morgan fingerprint density at radius 2 is 2.11 bits per heavy atom. The molecule has 2 heterocycles. The molecule has 142 valence electrons. The summed E-state index contributed by atoms with van der Waals surface area (Å²) in [6.07, 6.45) is 3.04. The molecule has 0 bridgehead atoms. The number of rotatable bonds is 5. The Kier molecular flexibility index (Phi) is 6.19. The molecule has 27 heavy (non-hydrogen) atoms. The molecule has 1 aliphatic rings. The molecule has 0 saturated carbocycles. The maximum atomic E-state index is 12.7. The second kappa shape index (κ2) is 8.59. The summed E-state index contributed by atoms with van der Waals surface area (Å²) in [6.45, 7) is 2.76. The van der Waals surface area contributed by atoms with Crippen molar-refractivity contribution in [1.29, 1.82) is 0 Å². The van der Waals surface area contributed by atoms with E-state index in [1.807, 2.05) is 4.90 Å². The van der Waals surface area contributed by atoms with Gasteiger partial charge in [-0.2, -0.15) is 0 Å². The van der Waals surface area contributed by atoms with Gasteiger partial charge in [-0.05, 0) is 50.1 Å². The fraction of sp³-hybridized carbons (Fsp3) is 0.316. The molecule has 2 aromatic rings. The summed E-state index contributed by atoms with van der Waals surface area (Å²) in [4.78, 5) is 30.8. The predicted octanol–water partition coefficient (Wildman–Crippen LogP) is 4.17.